The van der Waals surface area contributed by atoms with Gasteiger partial charge in [0, 0.05) is 20.7 Å². The van der Waals surface area contributed by atoms with Crippen molar-refractivity contribution in [2.45, 2.75) is 4.90 Å². The zero-order valence-electron chi connectivity index (χ0n) is 11.4. The fraction of sp³-hybridized carbons (Fsp3) is 0.133. The summed E-state index contributed by atoms with van der Waals surface area (Å²) in [4.78, 5) is 12.8. The fourth-order valence-electron chi connectivity index (χ4n) is 1.67. The summed E-state index contributed by atoms with van der Waals surface area (Å²) in [5, 5.41) is 2.84. The highest BCUT2D eigenvalue weighted by atomic mass is 79.9. The molecule has 0 radical (unpaired) electrons. The Morgan fingerprint density at radius 3 is 2.86 bits per heavy atom. The lowest BCUT2D eigenvalue weighted by Crippen LogP contribution is -2.14. The van der Waals surface area contributed by atoms with Crippen LogP contribution < -0.4 is 15.8 Å². The molecule has 0 saturated carbocycles. The van der Waals surface area contributed by atoms with E-state index in [1.165, 1.54) is 11.8 Å². The summed E-state index contributed by atoms with van der Waals surface area (Å²) in [6, 6.07) is 12.9. The summed E-state index contributed by atoms with van der Waals surface area (Å²) in [7, 11) is 1.60. The third-order valence-electron chi connectivity index (χ3n) is 2.69. The lowest BCUT2D eigenvalue weighted by atomic mass is 10.3. The van der Waals surface area contributed by atoms with E-state index in [2.05, 4.69) is 21.2 Å². The van der Waals surface area contributed by atoms with E-state index in [0.717, 1.165) is 20.8 Å². The SMILES string of the molecule is COc1ccc(N)c(SCC(=O)Nc2cccc(Br)c2)c1. The van der Waals surface area contributed by atoms with Gasteiger partial charge in [-0.2, -0.15) is 0 Å². The van der Waals surface area contributed by atoms with Gasteiger partial charge in [-0.15, -0.1) is 11.8 Å². The number of carbonyl (C=O) groups excluding carboxylic acids is 1. The van der Waals surface area contributed by atoms with Crippen molar-refractivity contribution >= 4 is 45.0 Å². The zero-order chi connectivity index (χ0) is 15.2. The van der Waals surface area contributed by atoms with E-state index in [-0.39, 0.29) is 11.7 Å². The summed E-state index contributed by atoms with van der Waals surface area (Å²) in [5.74, 6) is 0.920. The number of carbonyl (C=O) groups is 1. The maximum absolute atomic E-state index is 11.9. The topological polar surface area (TPSA) is 64.3 Å². The number of hydrogen-bond acceptors (Lipinski definition) is 4. The number of amides is 1. The molecule has 0 aromatic heterocycles. The van der Waals surface area contributed by atoms with Crippen LogP contribution in [-0.4, -0.2) is 18.8 Å². The van der Waals surface area contributed by atoms with Crippen LogP contribution in [0.1, 0.15) is 0 Å². The number of nitrogens with two attached hydrogens (primary N) is 1. The minimum absolute atomic E-state index is 0.0830. The Labute approximate surface area is 136 Å². The van der Waals surface area contributed by atoms with Crippen molar-refractivity contribution in [1.29, 1.82) is 0 Å². The summed E-state index contributed by atoms with van der Waals surface area (Å²) in [5.41, 5.74) is 7.28. The quantitative estimate of drug-likeness (QED) is 0.624. The molecule has 6 heteroatoms. The third kappa shape index (κ3) is 4.68. The summed E-state index contributed by atoms with van der Waals surface area (Å²) in [6.07, 6.45) is 0. The molecular formula is C15H15BrN2O2S. The molecule has 1 amide bonds. The van der Waals surface area contributed by atoms with Crippen LogP contribution >= 0.6 is 27.7 Å². The molecule has 110 valence electrons. The number of nitrogens with one attached hydrogen (secondary N) is 1. The summed E-state index contributed by atoms with van der Waals surface area (Å²) >= 11 is 4.75. The van der Waals surface area contributed by atoms with Gasteiger partial charge in [-0.05, 0) is 36.4 Å². The first-order chi connectivity index (χ1) is 10.1. The minimum atomic E-state index is -0.0830. The second kappa shape index (κ2) is 7.38. The van der Waals surface area contributed by atoms with E-state index in [1.807, 2.05) is 30.3 Å². The van der Waals surface area contributed by atoms with Crippen molar-refractivity contribution in [1.82, 2.24) is 0 Å². The van der Waals surface area contributed by atoms with Crippen molar-refractivity contribution < 1.29 is 9.53 Å². The average molecular weight is 367 g/mol. The van der Waals surface area contributed by atoms with E-state index in [4.69, 9.17) is 10.5 Å². The highest BCUT2D eigenvalue weighted by Gasteiger charge is 2.07. The maximum atomic E-state index is 11.9. The maximum Gasteiger partial charge on any atom is 0.234 e. The van der Waals surface area contributed by atoms with Gasteiger partial charge in [0.2, 0.25) is 5.91 Å². The van der Waals surface area contributed by atoms with Crippen molar-refractivity contribution in [2.75, 3.05) is 23.9 Å². The third-order valence-corrected chi connectivity index (χ3v) is 4.25. The van der Waals surface area contributed by atoms with E-state index in [0.29, 0.717) is 5.69 Å². The van der Waals surface area contributed by atoms with E-state index >= 15 is 0 Å². The second-order valence-corrected chi connectivity index (χ2v) is 6.18. The number of ether oxygens (including phenoxy) is 1. The van der Waals surface area contributed by atoms with Gasteiger partial charge in [0.25, 0.3) is 0 Å². The standard InChI is InChI=1S/C15H15BrN2O2S/c1-20-12-5-6-13(17)14(8-12)21-9-15(19)18-11-4-2-3-10(16)7-11/h2-8H,9,17H2,1H3,(H,18,19). The molecule has 0 atom stereocenters. The van der Waals surface area contributed by atoms with Crippen LogP contribution in [0.5, 0.6) is 5.75 Å². The van der Waals surface area contributed by atoms with Gasteiger partial charge < -0.3 is 15.8 Å². The first-order valence-electron chi connectivity index (χ1n) is 6.20. The van der Waals surface area contributed by atoms with Crippen LogP contribution in [0.3, 0.4) is 0 Å². The Kier molecular flexibility index (Phi) is 5.52. The Morgan fingerprint density at radius 2 is 2.14 bits per heavy atom. The number of thioether (sulfide) groups is 1. The Bertz CT molecular complexity index is 649. The number of methoxy groups -OCH3 is 1. The highest BCUT2D eigenvalue weighted by molar-refractivity contribution is 9.10. The first kappa shape index (κ1) is 15.7. The molecule has 0 heterocycles. The van der Waals surface area contributed by atoms with Crippen LogP contribution in [0.25, 0.3) is 0 Å². The largest absolute Gasteiger partial charge is 0.497 e. The molecule has 0 saturated heterocycles. The lowest BCUT2D eigenvalue weighted by Gasteiger charge is -2.08. The second-order valence-electron chi connectivity index (χ2n) is 4.25. The molecule has 0 aliphatic heterocycles. The molecule has 21 heavy (non-hydrogen) atoms. The molecule has 2 aromatic rings. The Hall–Kier alpha value is -1.66. The predicted molar refractivity (Wildman–Crippen MR) is 90.9 cm³/mol. The molecule has 4 nitrogen and oxygen atoms in total. The predicted octanol–water partition coefficient (Wildman–Crippen LogP) is 3.77. The molecule has 0 spiro atoms. The van der Waals surface area contributed by atoms with Crippen molar-refractivity contribution in [3.63, 3.8) is 0 Å². The molecule has 0 bridgehead atoms. The van der Waals surface area contributed by atoms with E-state index in [9.17, 15) is 4.79 Å². The Morgan fingerprint density at radius 1 is 1.33 bits per heavy atom. The Balaban J connectivity index is 1.95. The van der Waals surface area contributed by atoms with E-state index < -0.39 is 0 Å². The summed E-state index contributed by atoms with van der Waals surface area (Å²) in [6.45, 7) is 0. The van der Waals surface area contributed by atoms with E-state index in [1.54, 1.807) is 19.2 Å². The smallest absolute Gasteiger partial charge is 0.234 e. The fourth-order valence-corrected chi connectivity index (χ4v) is 2.87. The molecule has 0 aliphatic carbocycles. The van der Waals surface area contributed by atoms with Crippen LogP contribution in [0.2, 0.25) is 0 Å². The minimum Gasteiger partial charge on any atom is -0.497 e. The van der Waals surface area contributed by atoms with Crippen LogP contribution in [0, 0.1) is 0 Å². The molecule has 0 fully saturated rings. The van der Waals surface area contributed by atoms with Gasteiger partial charge in [0.1, 0.15) is 5.75 Å². The first-order valence-corrected chi connectivity index (χ1v) is 7.98. The van der Waals surface area contributed by atoms with Crippen LogP contribution in [0.15, 0.2) is 51.8 Å². The molecule has 0 unspecified atom stereocenters. The number of rotatable bonds is 5. The number of nitrogen functional groups attached to an aromatic ring is 1. The van der Waals surface area contributed by atoms with Gasteiger partial charge in [-0.1, -0.05) is 22.0 Å². The van der Waals surface area contributed by atoms with Gasteiger partial charge in [-0.25, -0.2) is 0 Å². The van der Waals surface area contributed by atoms with Gasteiger partial charge in [0.15, 0.2) is 0 Å². The highest BCUT2D eigenvalue weighted by Crippen LogP contribution is 2.29. The van der Waals surface area contributed by atoms with Crippen LogP contribution in [0.4, 0.5) is 11.4 Å². The summed E-state index contributed by atoms with van der Waals surface area (Å²) < 4.78 is 6.07. The number of halogens is 1. The molecule has 2 rings (SSSR count). The number of hydrogen-bond donors (Lipinski definition) is 2. The molecule has 3 N–H and O–H groups in total. The molecule has 2 aromatic carbocycles. The molecule has 0 aliphatic rings. The normalized spacial score (nSPS) is 10.2. The monoisotopic (exact) mass is 366 g/mol. The van der Waals surface area contributed by atoms with Crippen LogP contribution in [-0.2, 0) is 4.79 Å². The van der Waals surface area contributed by atoms with Gasteiger partial charge >= 0.3 is 0 Å². The van der Waals surface area contributed by atoms with Crippen molar-refractivity contribution in [2.24, 2.45) is 0 Å². The number of benzene rings is 2. The van der Waals surface area contributed by atoms with Crippen molar-refractivity contribution in [3.05, 3.63) is 46.9 Å². The lowest BCUT2D eigenvalue weighted by molar-refractivity contribution is -0.113. The van der Waals surface area contributed by atoms with Gasteiger partial charge in [0.05, 0.1) is 12.9 Å². The van der Waals surface area contributed by atoms with Gasteiger partial charge in [-0.3, -0.25) is 4.79 Å². The van der Waals surface area contributed by atoms with Crippen molar-refractivity contribution in [3.8, 4) is 5.75 Å². The average Bonchev–Trinajstić information content (AvgIpc) is 2.46. The molecular weight excluding hydrogens is 352 g/mol. The zero-order valence-corrected chi connectivity index (χ0v) is 13.8. The number of anilines is 2.